The van der Waals surface area contributed by atoms with Gasteiger partial charge in [-0.1, -0.05) is 12.1 Å². The lowest BCUT2D eigenvalue weighted by Crippen LogP contribution is -2.43. The minimum absolute atomic E-state index is 0.00553. The van der Waals surface area contributed by atoms with Crippen molar-refractivity contribution < 1.29 is 18.7 Å². The van der Waals surface area contributed by atoms with Gasteiger partial charge in [-0.2, -0.15) is 0 Å². The van der Waals surface area contributed by atoms with Gasteiger partial charge < -0.3 is 15.4 Å². The van der Waals surface area contributed by atoms with E-state index in [-0.39, 0.29) is 35.6 Å². The van der Waals surface area contributed by atoms with Crippen LogP contribution in [0.1, 0.15) is 42.5 Å². The number of amides is 2. The van der Waals surface area contributed by atoms with Crippen molar-refractivity contribution in [2.45, 2.75) is 44.2 Å². The Morgan fingerprint density at radius 2 is 1.83 bits per heavy atom. The van der Waals surface area contributed by atoms with Crippen LogP contribution in [-0.4, -0.2) is 42.1 Å². The van der Waals surface area contributed by atoms with Gasteiger partial charge in [0.05, 0.1) is 23.9 Å². The van der Waals surface area contributed by atoms with E-state index in [4.69, 9.17) is 4.74 Å². The summed E-state index contributed by atoms with van der Waals surface area (Å²) < 4.78 is 18.7. The molecule has 2 fully saturated rings. The summed E-state index contributed by atoms with van der Waals surface area (Å²) in [6, 6.07) is 9.81. The highest BCUT2D eigenvalue weighted by atomic mass is 19.1. The van der Waals surface area contributed by atoms with Crippen molar-refractivity contribution in [3.8, 4) is 11.3 Å². The molecule has 0 unspecified atom stereocenters. The first-order valence-electron chi connectivity index (χ1n) is 10.5. The fourth-order valence-corrected chi connectivity index (χ4v) is 4.08. The molecule has 4 rings (SSSR count). The van der Waals surface area contributed by atoms with E-state index in [9.17, 15) is 14.0 Å². The molecule has 1 saturated heterocycles. The lowest BCUT2D eigenvalue weighted by molar-refractivity contribution is -0.126. The van der Waals surface area contributed by atoms with Crippen LogP contribution in [0.2, 0.25) is 0 Å². The third kappa shape index (κ3) is 5.02. The summed E-state index contributed by atoms with van der Waals surface area (Å²) in [5.74, 6) is -0.389. The predicted octanol–water partition coefficient (Wildman–Crippen LogP) is 3.08. The molecule has 2 aromatic rings. The molecular weight excluding hydrogens is 385 g/mol. The highest BCUT2D eigenvalue weighted by molar-refractivity contribution is 5.94. The number of carbonyl (C=O) groups is 2. The van der Waals surface area contributed by atoms with E-state index in [1.807, 2.05) is 0 Å². The van der Waals surface area contributed by atoms with Gasteiger partial charge >= 0.3 is 0 Å². The lowest BCUT2D eigenvalue weighted by atomic mass is 9.85. The van der Waals surface area contributed by atoms with Gasteiger partial charge in [-0.15, -0.1) is 0 Å². The number of benzene rings is 1. The molecule has 1 aromatic heterocycles. The Hall–Kier alpha value is -2.80. The van der Waals surface area contributed by atoms with Gasteiger partial charge in [0.25, 0.3) is 5.91 Å². The van der Waals surface area contributed by atoms with Crippen molar-refractivity contribution in [1.29, 1.82) is 0 Å². The first-order chi connectivity index (χ1) is 14.6. The quantitative estimate of drug-likeness (QED) is 0.792. The predicted molar refractivity (Wildman–Crippen MR) is 110 cm³/mol. The molecule has 1 saturated carbocycles. The molecule has 0 spiro atoms. The SMILES string of the molecule is O=C(N[C@H]1CC[C@H](C(=O)N[C@@H]2CCOC2)CC1)c1ccc(-c2cccc(F)c2)nc1. The number of hydrogen-bond donors (Lipinski definition) is 2. The molecule has 158 valence electrons. The summed E-state index contributed by atoms with van der Waals surface area (Å²) in [5, 5.41) is 6.11. The third-order valence-electron chi connectivity index (χ3n) is 5.86. The van der Waals surface area contributed by atoms with Crippen molar-refractivity contribution >= 4 is 11.8 Å². The van der Waals surface area contributed by atoms with E-state index in [0.29, 0.717) is 30.0 Å². The van der Waals surface area contributed by atoms with Crippen LogP contribution in [0.3, 0.4) is 0 Å². The number of carbonyl (C=O) groups excluding carboxylic acids is 2. The summed E-state index contributed by atoms with van der Waals surface area (Å²) in [5.41, 5.74) is 1.75. The van der Waals surface area contributed by atoms with Crippen molar-refractivity contribution in [1.82, 2.24) is 15.6 Å². The van der Waals surface area contributed by atoms with Crippen molar-refractivity contribution in [2.24, 2.45) is 5.92 Å². The molecule has 2 aliphatic rings. The molecule has 2 amide bonds. The Bertz CT molecular complexity index is 889. The Labute approximate surface area is 175 Å². The lowest BCUT2D eigenvalue weighted by Gasteiger charge is -2.29. The van der Waals surface area contributed by atoms with Gasteiger partial charge in [-0.3, -0.25) is 14.6 Å². The van der Waals surface area contributed by atoms with Crippen LogP contribution in [0, 0.1) is 11.7 Å². The fraction of sp³-hybridized carbons (Fsp3) is 0.435. The average Bonchev–Trinajstić information content (AvgIpc) is 3.27. The van der Waals surface area contributed by atoms with Crippen LogP contribution in [0.5, 0.6) is 0 Å². The number of pyridine rings is 1. The van der Waals surface area contributed by atoms with Crippen LogP contribution in [0.4, 0.5) is 4.39 Å². The van der Waals surface area contributed by atoms with Crippen LogP contribution in [0.25, 0.3) is 11.3 Å². The Kier molecular flexibility index (Phi) is 6.38. The van der Waals surface area contributed by atoms with Gasteiger partial charge in [0, 0.05) is 30.3 Å². The summed E-state index contributed by atoms with van der Waals surface area (Å²) in [4.78, 5) is 29.2. The van der Waals surface area contributed by atoms with Gasteiger partial charge in [-0.25, -0.2) is 4.39 Å². The molecule has 6 nitrogen and oxygen atoms in total. The van der Waals surface area contributed by atoms with Gasteiger partial charge in [0.2, 0.25) is 5.91 Å². The van der Waals surface area contributed by atoms with E-state index in [2.05, 4.69) is 15.6 Å². The van der Waals surface area contributed by atoms with Crippen LogP contribution in [0.15, 0.2) is 42.6 Å². The standard InChI is InChI=1S/C23H26FN3O3/c24-18-3-1-2-16(12-18)21-9-6-17(13-25-21)23(29)26-19-7-4-15(5-8-19)22(28)27-20-10-11-30-14-20/h1-3,6,9,12-13,15,19-20H,4-5,7-8,10-11,14H2,(H,26,29)(H,27,28)/t15-,19-,20-/m1/s1. The van der Waals surface area contributed by atoms with Gasteiger partial charge in [-0.05, 0) is 56.4 Å². The summed E-state index contributed by atoms with van der Waals surface area (Å²) >= 11 is 0. The third-order valence-corrected chi connectivity index (χ3v) is 5.86. The summed E-state index contributed by atoms with van der Waals surface area (Å²) in [6.07, 6.45) is 5.48. The molecule has 2 N–H and O–H groups in total. The molecule has 2 heterocycles. The largest absolute Gasteiger partial charge is 0.379 e. The minimum Gasteiger partial charge on any atom is -0.379 e. The topological polar surface area (TPSA) is 80.3 Å². The number of nitrogens with zero attached hydrogens (tertiary/aromatic N) is 1. The van der Waals surface area contributed by atoms with Crippen molar-refractivity contribution in [3.05, 3.63) is 54.0 Å². The number of nitrogens with one attached hydrogen (secondary N) is 2. The average molecular weight is 411 g/mol. The molecule has 1 aliphatic heterocycles. The smallest absolute Gasteiger partial charge is 0.253 e. The first-order valence-corrected chi connectivity index (χ1v) is 10.5. The number of hydrogen-bond acceptors (Lipinski definition) is 4. The molecule has 7 heteroatoms. The monoisotopic (exact) mass is 411 g/mol. The molecule has 1 atom stereocenters. The van der Waals surface area contributed by atoms with Crippen LogP contribution < -0.4 is 10.6 Å². The zero-order chi connectivity index (χ0) is 20.9. The second kappa shape index (κ2) is 9.34. The maximum Gasteiger partial charge on any atom is 0.253 e. The van der Waals surface area contributed by atoms with Gasteiger partial charge in [0.1, 0.15) is 5.82 Å². The molecule has 1 aromatic carbocycles. The second-order valence-corrected chi connectivity index (χ2v) is 8.03. The van der Waals surface area contributed by atoms with E-state index >= 15 is 0 Å². The number of ether oxygens (including phenoxy) is 1. The number of aromatic nitrogens is 1. The highest BCUT2D eigenvalue weighted by Gasteiger charge is 2.29. The van der Waals surface area contributed by atoms with Crippen LogP contribution in [-0.2, 0) is 9.53 Å². The summed E-state index contributed by atoms with van der Waals surface area (Å²) in [6.45, 7) is 1.31. The number of halogens is 1. The van der Waals surface area contributed by atoms with E-state index < -0.39 is 0 Å². The second-order valence-electron chi connectivity index (χ2n) is 8.03. The number of rotatable bonds is 5. The Balaban J connectivity index is 1.27. The fourth-order valence-electron chi connectivity index (χ4n) is 4.08. The first kappa shape index (κ1) is 20.5. The Morgan fingerprint density at radius 1 is 1.00 bits per heavy atom. The van der Waals surface area contributed by atoms with E-state index in [0.717, 1.165) is 32.1 Å². The molecule has 1 aliphatic carbocycles. The molecule has 0 radical (unpaired) electrons. The summed E-state index contributed by atoms with van der Waals surface area (Å²) in [7, 11) is 0. The van der Waals surface area contributed by atoms with Crippen molar-refractivity contribution in [2.75, 3.05) is 13.2 Å². The van der Waals surface area contributed by atoms with E-state index in [1.165, 1.54) is 18.3 Å². The van der Waals surface area contributed by atoms with Crippen molar-refractivity contribution in [3.63, 3.8) is 0 Å². The minimum atomic E-state index is -0.322. The molecule has 0 bridgehead atoms. The normalized spacial score (nSPS) is 23.7. The highest BCUT2D eigenvalue weighted by Crippen LogP contribution is 2.25. The molecular formula is C23H26FN3O3. The zero-order valence-electron chi connectivity index (χ0n) is 16.8. The molecule has 30 heavy (non-hydrogen) atoms. The van der Waals surface area contributed by atoms with Gasteiger partial charge in [0.15, 0.2) is 0 Å². The Morgan fingerprint density at radius 3 is 2.50 bits per heavy atom. The maximum atomic E-state index is 13.4. The van der Waals surface area contributed by atoms with Crippen LogP contribution >= 0.6 is 0 Å². The van der Waals surface area contributed by atoms with E-state index in [1.54, 1.807) is 24.3 Å². The maximum absolute atomic E-state index is 13.4. The zero-order valence-corrected chi connectivity index (χ0v) is 16.8.